The molecule has 19 heavy (non-hydrogen) atoms. The number of piperazine rings is 1. The van der Waals surface area contributed by atoms with E-state index >= 15 is 0 Å². The maximum atomic E-state index is 10.8. The molecule has 7 heteroatoms. The maximum Gasteiger partial charge on any atom is 0.307 e. The second-order valence-electron chi connectivity index (χ2n) is 4.35. The van der Waals surface area contributed by atoms with Crippen LogP contribution in [0.25, 0.3) is 10.4 Å². The van der Waals surface area contributed by atoms with Crippen molar-refractivity contribution in [3.05, 3.63) is 34.2 Å². The Bertz CT molecular complexity index is 519. The van der Waals surface area contributed by atoms with Gasteiger partial charge in [0.2, 0.25) is 0 Å². The first-order valence-electron chi connectivity index (χ1n) is 6.05. The number of azide groups is 1. The van der Waals surface area contributed by atoms with Gasteiger partial charge in [0, 0.05) is 42.5 Å². The molecule has 0 bridgehead atoms. The molecule has 0 saturated carbocycles. The number of hydrogen-bond donors (Lipinski definition) is 2. The van der Waals surface area contributed by atoms with Crippen LogP contribution in [0, 0.1) is 0 Å². The first-order chi connectivity index (χ1) is 9.19. The summed E-state index contributed by atoms with van der Waals surface area (Å²) in [6, 6.07) is 5.24. The molecule has 1 fully saturated rings. The number of anilines is 1. The van der Waals surface area contributed by atoms with Gasteiger partial charge >= 0.3 is 5.97 Å². The number of rotatable bonds is 4. The van der Waals surface area contributed by atoms with Crippen molar-refractivity contribution in [2.45, 2.75) is 6.42 Å². The van der Waals surface area contributed by atoms with Crippen LogP contribution in [0.1, 0.15) is 5.56 Å². The topological polar surface area (TPSA) is 101 Å². The Morgan fingerprint density at radius 3 is 2.79 bits per heavy atom. The minimum Gasteiger partial charge on any atom is -0.481 e. The van der Waals surface area contributed by atoms with Crippen LogP contribution in [0.2, 0.25) is 0 Å². The molecule has 100 valence electrons. The summed E-state index contributed by atoms with van der Waals surface area (Å²) in [5, 5.41) is 15.7. The van der Waals surface area contributed by atoms with Gasteiger partial charge in [0.05, 0.1) is 6.42 Å². The summed E-state index contributed by atoms with van der Waals surface area (Å²) >= 11 is 0. The summed E-state index contributed by atoms with van der Waals surface area (Å²) in [4.78, 5) is 15.7. The molecule has 1 aromatic carbocycles. The Morgan fingerprint density at radius 1 is 1.42 bits per heavy atom. The molecule has 0 atom stereocenters. The first-order valence-corrected chi connectivity index (χ1v) is 6.05. The number of aliphatic carboxylic acids is 1. The first kappa shape index (κ1) is 13.2. The summed E-state index contributed by atoms with van der Waals surface area (Å²) in [5.41, 5.74) is 10.5. The second-order valence-corrected chi connectivity index (χ2v) is 4.35. The zero-order chi connectivity index (χ0) is 13.7. The largest absolute Gasteiger partial charge is 0.481 e. The Balaban J connectivity index is 2.32. The minimum atomic E-state index is -0.899. The van der Waals surface area contributed by atoms with E-state index in [9.17, 15) is 4.79 Å². The maximum absolute atomic E-state index is 10.8. The molecule has 0 spiro atoms. The van der Waals surface area contributed by atoms with Gasteiger partial charge in [-0.25, -0.2) is 0 Å². The molecule has 1 saturated heterocycles. The molecule has 1 aromatic rings. The molecule has 2 rings (SSSR count). The van der Waals surface area contributed by atoms with E-state index < -0.39 is 5.97 Å². The zero-order valence-corrected chi connectivity index (χ0v) is 10.4. The second kappa shape index (κ2) is 6.08. The van der Waals surface area contributed by atoms with Crippen molar-refractivity contribution in [2.75, 3.05) is 31.1 Å². The third kappa shape index (κ3) is 3.61. The molecular weight excluding hydrogens is 246 g/mol. The lowest BCUT2D eigenvalue weighted by molar-refractivity contribution is -0.136. The Labute approximate surface area is 110 Å². The van der Waals surface area contributed by atoms with E-state index in [0.29, 0.717) is 11.3 Å². The molecular formula is C12H15N5O2. The van der Waals surface area contributed by atoms with Gasteiger partial charge in [-0.3, -0.25) is 4.79 Å². The Hall–Kier alpha value is -2.24. The van der Waals surface area contributed by atoms with Crippen LogP contribution in [0.4, 0.5) is 11.4 Å². The molecule has 0 amide bonds. The van der Waals surface area contributed by atoms with Gasteiger partial charge < -0.3 is 15.3 Å². The summed E-state index contributed by atoms with van der Waals surface area (Å²) < 4.78 is 0. The van der Waals surface area contributed by atoms with Crippen molar-refractivity contribution in [1.82, 2.24) is 5.32 Å². The average Bonchev–Trinajstić information content (AvgIpc) is 2.39. The minimum absolute atomic E-state index is 0.0755. The lowest BCUT2D eigenvalue weighted by Crippen LogP contribution is -2.43. The quantitative estimate of drug-likeness (QED) is 0.489. The predicted molar refractivity (Wildman–Crippen MR) is 71.7 cm³/mol. The van der Waals surface area contributed by atoms with Gasteiger partial charge in [-0.15, -0.1) is 0 Å². The van der Waals surface area contributed by atoms with Crippen LogP contribution < -0.4 is 10.2 Å². The smallest absolute Gasteiger partial charge is 0.307 e. The number of nitrogens with zero attached hydrogens (tertiary/aromatic N) is 4. The number of carboxylic acid groups (broad SMARTS) is 1. The summed E-state index contributed by atoms with van der Waals surface area (Å²) in [5.74, 6) is -0.899. The number of carbonyl (C=O) groups is 1. The van der Waals surface area contributed by atoms with E-state index in [1.54, 1.807) is 12.1 Å². The molecule has 1 aliphatic heterocycles. The molecule has 7 nitrogen and oxygen atoms in total. The number of benzene rings is 1. The summed E-state index contributed by atoms with van der Waals surface area (Å²) in [7, 11) is 0. The van der Waals surface area contributed by atoms with E-state index in [2.05, 4.69) is 20.2 Å². The fourth-order valence-corrected chi connectivity index (χ4v) is 2.15. The van der Waals surface area contributed by atoms with Gasteiger partial charge in [-0.2, -0.15) is 0 Å². The number of carboxylic acids is 1. The van der Waals surface area contributed by atoms with Gasteiger partial charge in [-0.1, -0.05) is 5.11 Å². The Kier molecular flexibility index (Phi) is 4.22. The fraction of sp³-hybridized carbons (Fsp3) is 0.417. The van der Waals surface area contributed by atoms with E-state index in [4.69, 9.17) is 10.6 Å². The summed E-state index contributed by atoms with van der Waals surface area (Å²) in [6.45, 7) is 3.48. The molecule has 2 N–H and O–H groups in total. The lowest BCUT2D eigenvalue weighted by atomic mass is 10.1. The molecule has 0 aliphatic carbocycles. The molecule has 1 heterocycles. The highest BCUT2D eigenvalue weighted by atomic mass is 16.4. The third-order valence-electron chi connectivity index (χ3n) is 2.96. The standard InChI is InChI=1S/C12H15N5O2/c13-16-15-10-5-9(7-12(18)19)6-11(8-10)17-3-1-14-2-4-17/h5-6,8,14H,1-4,7H2,(H,18,19). The SMILES string of the molecule is [N-]=[N+]=Nc1cc(CC(=O)O)cc(N2CCNCC2)c1. The van der Waals surface area contributed by atoms with E-state index in [-0.39, 0.29) is 6.42 Å². The predicted octanol–water partition coefficient (Wildman–Crippen LogP) is 1.67. The highest BCUT2D eigenvalue weighted by Gasteiger charge is 2.12. The van der Waals surface area contributed by atoms with Gasteiger partial charge in [0.25, 0.3) is 0 Å². The van der Waals surface area contributed by atoms with Gasteiger partial charge in [0.15, 0.2) is 0 Å². The molecule has 0 unspecified atom stereocenters. The van der Waals surface area contributed by atoms with Crippen molar-refractivity contribution < 1.29 is 9.90 Å². The number of hydrogen-bond acceptors (Lipinski definition) is 4. The van der Waals surface area contributed by atoms with Crippen molar-refractivity contribution in [2.24, 2.45) is 5.11 Å². The fourth-order valence-electron chi connectivity index (χ4n) is 2.15. The summed E-state index contributed by atoms with van der Waals surface area (Å²) in [6.07, 6.45) is -0.0755. The third-order valence-corrected chi connectivity index (χ3v) is 2.96. The van der Waals surface area contributed by atoms with Crippen molar-refractivity contribution in [1.29, 1.82) is 0 Å². The van der Waals surface area contributed by atoms with E-state index in [1.807, 2.05) is 6.07 Å². The van der Waals surface area contributed by atoms with Gasteiger partial charge in [-0.05, 0) is 29.3 Å². The van der Waals surface area contributed by atoms with Crippen LogP contribution in [0.3, 0.4) is 0 Å². The Morgan fingerprint density at radius 2 is 2.16 bits per heavy atom. The van der Waals surface area contributed by atoms with Crippen LogP contribution in [0.15, 0.2) is 23.3 Å². The van der Waals surface area contributed by atoms with Crippen molar-refractivity contribution in [3.63, 3.8) is 0 Å². The highest BCUT2D eigenvalue weighted by molar-refractivity contribution is 5.72. The zero-order valence-electron chi connectivity index (χ0n) is 10.4. The molecule has 0 radical (unpaired) electrons. The number of nitrogens with one attached hydrogen (secondary N) is 1. The van der Waals surface area contributed by atoms with E-state index in [0.717, 1.165) is 31.9 Å². The molecule has 1 aliphatic rings. The monoisotopic (exact) mass is 261 g/mol. The van der Waals surface area contributed by atoms with Crippen LogP contribution in [0.5, 0.6) is 0 Å². The normalized spacial score (nSPS) is 14.8. The van der Waals surface area contributed by atoms with Crippen LogP contribution in [-0.2, 0) is 11.2 Å². The average molecular weight is 261 g/mol. The van der Waals surface area contributed by atoms with Gasteiger partial charge in [0.1, 0.15) is 0 Å². The van der Waals surface area contributed by atoms with Crippen LogP contribution in [-0.4, -0.2) is 37.3 Å². The highest BCUT2D eigenvalue weighted by Crippen LogP contribution is 2.25. The lowest BCUT2D eigenvalue weighted by Gasteiger charge is -2.30. The molecule has 0 aromatic heterocycles. The van der Waals surface area contributed by atoms with E-state index in [1.165, 1.54) is 0 Å². The van der Waals surface area contributed by atoms with Crippen LogP contribution >= 0.6 is 0 Å². The van der Waals surface area contributed by atoms with Crippen molar-refractivity contribution >= 4 is 17.3 Å². The van der Waals surface area contributed by atoms with Crippen molar-refractivity contribution in [3.8, 4) is 0 Å².